The van der Waals surface area contributed by atoms with Crippen LogP contribution in [0.15, 0.2) is 12.3 Å². The number of anilines is 1. The largest absolute Gasteiger partial charge is 0.353 e. The lowest BCUT2D eigenvalue weighted by Crippen LogP contribution is -2.37. The summed E-state index contributed by atoms with van der Waals surface area (Å²) in [6.45, 7) is 12.0. The van der Waals surface area contributed by atoms with Gasteiger partial charge in [0.15, 0.2) is 0 Å². The number of aryl methyl sites for hydroxylation is 1. The lowest BCUT2D eigenvalue weighted by molar-refractivity contribution is 0.530. The Labute approximate surface area is 130 Å². The molecule has 1 aliphatic rings. The second-order valence-corrected chi connectivity index (χ2v) is 6.75. The smallest absolute Gasteiger partial charge is 0.131 e. The molecule has 0 aliphatic heterocycles. The lowest BCUT2D eigenvalue weighted by Gasteiger charge is -2.33. The van der Waals surface area contributed by atoms with Crippen LogP contribution in [0.4, 0.5) is 5.82 Å². The van der Waals surface area contributed by atoms with Gasteiger partial charge in [-0.05, 0) is 49.4 Å². The maximum absolute atomic E-state index is 4.82. The van der Waals surface area contributed by atoms with Crippen LogP contribution in [-0.2, 0) is 6.54 Å². The number of hydrogen-bond donors (Lipinski definition) is 1. The average Bonchev–Trinajstić information content (AvgIpc) is 2.97. The monoisotopic (exact) mass is 289 g/mol. The molecule has 3 nitrogen and oxygen atoms in total. The minimum Gasteiger partial charge on any atom is -0.353 e. The van der Waals surface area contributed by atoms with E-state index in [0.717, 1.165) is 19.6 Å². The minimum absolute atomic E-state index is 0.674. The van der Waals surface area contributed by atoms with Gasteiger partial charge in [-0.3, -0.25) is 0 Å². The van der Waals surface area contributed by atoms with Crippen molar-refractivity contribution in [1.29, 1.82) is 0 Å². The van der Waals surface area contributed by atoms with E-state index in [4.69, 9.17) is 4.98 Å². The van der Waals surface area contributed by atoms with Gasteiger partial charge in [0, 0.05) is 25.3 Å². The quantitative estimate of drug-likeness (QED) is 0.825. The van der Waals surface area contributed by atoms with E-state index in [-0.39, 0.29) is 0 Å². The molecule has 0 spiro atoms. The molecule has 0 bridgehead atoms. The fourth-order valence-corrected chi connectivity index (χ4v) is 3.31. The maximum atomic E-state index is 4.82. The topological polar surface area (TPSA) is 28.2 Å². The van der Waals surface area contributed by atoms with Gasteiger partial charge >= 0.3 is 0 Å². The number of hydrogen-bond acceptors (Lipinski definition) is 3. The van der Waals surface area contributed by atoms with Gasteiger partial charge < -0.3 is 10.2 Å². The zero-order valence-electron chi connectivity index (χ0n) is 14.2. The summed E-state index contributed by atoms with van der Waals surface area (Å²) < 4.78 is 0. The Bertz CT molecular complexity index is 436. The normalized spacial score (nSPS) is 15.9. The number of rotatable bonds is 7. The molecular weight excluding hydrogens is 258 g/mol. The molecule has 1 heterocycles. The number of nitrogens with one attached hydrogen (secondary N) is 1. The van der Waals surface area contributed by atoms with Crippen LogP contribution < -0.4 is 10.2 Å². The predicted octanol–water partition coefficient (Wildman–Crippen LogP) is 3.90. The van der Waals surface area contributed by atoms with Crippen LogP contribution in [0.1, 0.15) is 57.6 Å². The number of aromatic nitrogens is 1. The Morgan fingerprint density at radius 2 is 2.05 bits per heavy atom. The summed E-state index contributed by atoms with van der Waals surface area (Å²) in [5, 5.41) is 3.37. The molecule has 0 saturated heterocycles. The zero-order valence-corrected chi connectivity index (χ0v) is 14.2. The van der Waals surface area contributed by atoms with E-state index < -0.39 is 0 Å². The summed E-state index contributed by atoms with van der Waals surface area (Å²) in [5.74, 6) is 1.88. The Kier molecular flexibility index (Phi) is 6.04. The van der Waals surface area contributed by atoms with E-state index in [9.17, 15) is 0 Å². The molecule has 21 heavy (non-hydrogen) atoms. The summed E-state index contributed by atoms with van der Waals surface area (Å²) in [7, 11) is 0. The van der Waals surface area contributed by atoms with Gasteiger partial charge in [-0.1, -0.05) is 33.6 Å². The summed E-state index contributed by atoms with van der Waals surface area (Å²) in [6, 6.07) is 2.99. The molecule has 118 valence electrons. The SMILES string of the molecule is CCNCc1cnc(N(CC(C)C)C2CCCC2)c(C)c1. The predicted molar refractivity (Wildman–Crippen MR) is 90.8 cm³/mol. The molecule has 0 aromatic carbocycles. The van der Waals surface area contributed by atoms with Gasteiger partial charge in [-0.15, -0.1) is 0 Å². The van der Waals surface area contributed by atoms with Gasteiger partial charge in [0.1, 0.15) is 5.82 Å². The van der Waals surface area contributed by atoms with Gasteiger partial charge in [0.25, 0.3) is 0 Å². The highest BCUT2D eigenvalue weighted by molar-refractivity contribution is 5.48. The van der Waals surface area contributed by atoms with Crippen LogP contribution in [0.25, 0.3) is 0 Å². The van der Waals surface area contributed by atoms with Crippen molar-refractivity contribution >= 4 is 5.82 Å². The van der Waals surface area contributed by atoms with E-state index in [1.807, 2.05) is 6.20 Å². The molecule has 0 amide bonds. The fraction of sp³-hybridized carbons (Fsp3) is 0.722. The molecule has 0 radical (unpaired) electrons. The summed E-state index contributed by atoms with van der Waals surface area (Å²) in [5.41, 5.74) is 2.60. The Morgan fingerprint density at radius 3 is 2.62 bits per heavy atom. The molecule has 1 aliphatic carbocycles. The first-order valence-corrected chi connectivity index (χ1v) is 8.54. The van der Waals surface area contributed by atoms with Crippen molar-refractivity contribution in [2.24, 2.45) is 5.92 Å². The van der Waals surface area contributed by atoms with Crippen molar-refractivity contribution in [3.8, 4) is 0 Å². The second kappa shape index (κ2) is 7.79. The Morgan fingerprint density at radius 1 is 1.33 bits per heavy atom. The molecule has 1 aromatic heterocycles. The highest BCUT2D eigenvalue weighted by Gasteiger charge is 2.25. The van der Waals surface area contributed by atoms with E-state index in [1.165, 1.54) is 42.6 Å². The van der Waals surface area contributed by atoms with Gasteiger partial charge in [-0.25, -0.2) is 4.98 Å². The molecular formula is C18H31N3. The molecule has 1 fully saturated rings. The van der Waals surface area contributed by atoms with Crippen molar-refractivity contribution in [1.82, 2.24) is 10.3 Å². The minimum atomic E-state index is 0.674. The third kappa shape index (κ3) is 4.44. The number of nitrogens with zero attached hydrogens (tertiary/aromatic N) is 2. The van der Waals surface area contributed by atoms with Crippen molar-refractivity contribution in [3.05, 3.63) is 23.4 Å². The van der Waals surface area contributed by atoms with Crippen molar-refractivity contribution < 1.29 is 0 Å². The summed E-state index contributed by atoms with van der Waals surface area (Å²) in [6.07, 6.45) is 7.45. The van der Waals surface area contributed by atoms with Crippen LogP contribution >= 0.6 is 0 Å². The molecule has 1 saturated carbocycles. The fourth-order valence-electron chi connectivity index (χ4n) is 3.31. The second-order valence-electron chi connectivity index (χ2n) is 6.75. The van der Waals surface area contributed by atoms with Gasteiger partial charge in [0.05, 0.1) is 0 Å². The molecule has 0 atom stereocenters. The first-order chi connectivity index (χ1) is 10.1. The van der Waals surface area contributed by atoms with E-state index in [2.05, 4.69) is 44.0 Å². The van der Waals surface area contributed by atoms with Crippen LogP contribution in [0, 0.1) is 12.8 Å². The first-order valence-electron chi connectivity index (χ1n) is 8.54. The molecule has 1 N–H and O–H groups in total. The van der Waals surface area contributed by atoms with E-state index in [1.54, 1.807) is 0 Å². The van der Waals surface area contributed by atoms with Gasteiger partial charge in [-0.2, -0.15) is 0 Å². The molecule has 2 rings (SSSR count). The van der Waals surface area contributed by atoms with Crippen LogP contribution in [-0.4, -0.2) is 24.1 Å². The van der Waals surface area contributed by atoms with Crippen molar-refractivity contribution in [2.45, 2.75) is 66.0 Å². The van der Waals surface area contributed by atoms with Crippen molar-refractivity contribution in [2.75, 3.05) is 18.0 Å². The molecule has 1 aromatic rings. The first kappa shape index (κ1) is 16.3. The highest BCUT2D eigenvalue weighted by Crippen LogP contribution is 2.30. The zero-order chi connectivity index (χ0) is 15.2. The van der Waals surface area contributed by atoms with E-state index >= 15 is 0 Å². The number of pyridine rings is 1. The summed E-state index contributed by atoms with van der Waals surface area (Å²) >= 11 is 0. The standard InChI is InChI=1S/C18H31N3/c1-5-19-11-16-10-15(4)18(20-12-16)21(13-14(2)3)17-8-6-7-9-17/h10,12,14,17,19H,5-9,11,13H2,1-4H3. The summed E-state index contributed by atoms with van der Waals surface area (Å²) in [4.78, 5) is 7.39. The molecule has 0 unspecified atom stereocenters. The third-order valence-electron chi connectivity index (χ3n) is 4.29. The van der Waals surface area contributed by atoms with Crippen LogP contribution in [0.2, 0.25) is 0 Å². The Balaban J connectivity index is 2.18. The van der Waals surface area contributed by atoms with Crippen LogP contribution in [0.3, 0.4) is 0 Å². The highest BCUT2D eigenvalue weighted by atomic mass is 15.2. The van der Waals surface area contributed by atoms with E-state index in [0.29, 0.717) is 12.0 Å². The van der Waals surface area contributed by atoms with Crippen molar-refractivity contribution in [3.63, 3.8) is 0 Å². The Hall–Kier alpha value is -1.09. The van der Waals surface area contributed by atoms with Gasteiger partial charge in [0.2, 0.25) is 0 Å². The van der Waals surface area contributed by atoms with Crippen LogP contribution in [0.5, 0.6) is 0 Å². The third-order valence-corrected chi connectivity index (χ3v) is 4.29. The average molecular weight is 289 g/mol. The molecule has 3 heteroatoms. The maximum Gasteiger partial charge on any atom is 0.131 e. The lowest BCUT2D eigenvalue weighted by atomic mass is 10.1.